The Morgan fingerprint density at radius 3 is 2.60 bits per heavy atom. The van der Waals surface area contributed by atoms with Crippen LogP contribution in [-0.2, 0) is 22.4 Å². The highest BCUT2D eigenvalue weighted by molar-refractivity contribution is 6.31. The van der Waals surface area contributed by atoms with E-state index in [2.05, 4.69) is 10.3 Å². The maximum Gasteiger partial charge on any atom is 0.227 e. The fourth-order valence-corrected chi connectivity index (χ4v) is 4.77. The van der Waals surface area contributed by atoms with Crippen molar-refractivity contribution in [1.82, 2.24) is 15.2 Å². The van der Waals surface area contributed by atoms with Crippen LogP contribution in [0.5, 0.6) is 0 Å². The normalized spacial score (nSPS) is 19.5. The monoisotopic (exact) mass is 425 g/mol. The summed E-state index contributed by atoms with van der Waals surface area (Å²) in [6, 6.07) is 11.5. The summed E-state index contributed by atoms with van der Waals surface area (Å²) in [5, 5.41) is 3.75. The number of amides is 2. The predicted molar refractivity (Wildman–Crippen MR) is 117 cm³/mol. The molecular formula is C24H28ClN3O2. The van der Waals surface area contributed by atoms with E-state index in [0.717, 1.165) is 50.8 Å². The molecule has 6 heteroatoms. The lowest BCUT2D eigenvalue weighted by atomic mass is 9.90. The summed E-state index contributed by atoms with van der Waals surface area (Å²) >= 11 is 6.19. The first-order valence-corrected chi connectivity index (χ1v) is 11.1. The summed E-state index contributed by atoms with van der Waals surface area (Å²) in [5.74, 6) is 0.413. The largest absolute Gasteiger partial charge is 0.356 e. The van der Waals surface area contributed by atoms with Gasteiger partial charge in [-0.1, -0.05) is 29.8 Å². The minimum Gasteiger partial charge on any atom is -0.356 e. The standard InChI is InChI=1S/C24H28ClN3O2/c25-21-6-2-1-5-19(21)16-22(29)28-14-9-24(10-15-28)17-20(24)23(30)27-11-3-4-18-7-12-26-13-8-18/h1-2,5-8,12-13,20H,3-4,9-11,14-17H2,(H,27,30). The van der Waals surface area contributed by atoms with Crippen molar-refractivity contribution in [2.45, 2.75) is 38.5 Å². The number of rotatable bonds is 7. The zero-order valence-corrected chi connectivity index (χ0v) is 17.9. The lowest BCUT2D eigenvalue weighted by Gasteiger charge is -2.33. The van der Waals surface area contributed by atoms with E-state index in [-0.39, 0.29) is 23.1 Å². The number of carbonyl (C=O) groups excluding carboxylic acids is 2. The van der Waals surface area contributed by atoms with Gasteiger partial charge in [0.2, 0.25) is 11.8 Å². The summed E-state index contributed by atoms with van der Waals surface area (Å²) in [7, 11) is 0. The van der Waals surface area contributed by atoms with E-state index in [4.69, 9.17) is 11.6 Å². The third-order valence-electron chi connectivity index (χ3n) is 6.61. The van der Waals surface area contributed by atoms with E-state index in [1.807, 2.05) is 41.3 Å². The number of likely N-dealkylation sites (tertiary alicyclic amines) is 1. The van der Waals surface area contributed by atoms with Gasteiger partial charge in [0.05, 0.1) is 6.42 Å². The molecule has 1 aromatic heterocycles. The van der Waals surface area contributed by atoms with Crippen LogP contribution in [0.15, 0.2) is 48.8 Å². The molecule has 1 unspecified atom stereocenters. The van der Waals surface area contributed by atoms with Crippen molar-refractivity contribution in [3.05, 3.63) is 64.9 Å². The number of pyridine rings is 1. The molecule has 158 valence electrons. The van der Waals surface area contributed by atoms with Gasteiger partial charge in [0.25, 0.3) is 0 Å². The molecule has 1 spiro atoms. The van der Waals surface area contributed by atoms with Crippen LogP contribution in [0.25, 0.3) is 0 Å². The molecule has 2 amide bonds. The molecule has 1 saturated carbocycles. The maximum atomic E-state index is 12.6. The molecule has 1 saturated heterocycles. The number of carbonyl (C=O) groups is 2. The third-order valence-corrected chi connectivity index (χ3v) is 6.98. The van der Waals surface area contributed by atoms with Crippen LogP contribution in [0.4, 0.5) is 0 Å². The van der Waals surface area contributed by atoms with Crippen LogP contribution in [0.1, 0.15) is 36.8 Å². The Bertz CT molecular complexity index is 894. The van der Waals surface area contributed by atoms with E-state index in [1.165, 1.54) is 5.56 Å². The van der Waals surface area contributed by atoms with E-state index in [1.54, 1.807) is 12.4 Å². The van der Waals surface area contributed by atoms with Gasteiger partial charge in [-0.15, -0.1) is 0 Å². The number of benzene rings is 1. The number of aromatic nitrogens is 1. The van der Waals surface area contributed by atoms with Gasteiger partial charge in [-0.2, -0.15) is 0 Å². The lowest BCUT2D eigenvalue weighted by Crippen LogP contribution is -2.41. The van der Waals surface area contributed by atoms with Gasteiger partial charge in [0.15, 0.2) is 0 Å². The van der Waals surface area contributed by atoms with E-state index >= 15 is 0 Å². The van der Waals surface area contributed by atoms with Crippen molar-refractivity contribution in [3.63, 3.8) is 0 Å². The van der Waals surface area contributed by atoms with Crippen LogP contribution < -0.4 is 5.32 Å². The Morgan fingerprint density at radius 2 is 1.87 bits per heavy atom. The SMILES string of the molecule is O=C(NCCCc1ccncc1)C1CC12CCN(C(=O)Cc1ccccc1Cl)CC2. The first-order chi connectivity index (χ1) is 14.6. The highest BCUT2D eigenvalue weighted by atomic mass is 35.5. The lowest BCUT2D eigenvalue weighted by molar-refractivity contribution is -0.132. The highest BCUT2D eigenvalue weighted by Crippen LogP contribution is 2.59. The molecule has 5 nitrogen and oxygen atoms in total. The van der Waals surface area contributed by atoms with Crippen molar-refractivity contribution in [2.75, 3.05) is 19.6 Å². The minimum absolute atomic E-state index is 0.107. The number of nitrogens with one attached hydrogen (secondary N) is 1. The molecule has 1 N–H and O–H groups in total. The first kappa shape index (κ1) is 20.9. The molecule has 1 aliphatic carbocycles. The van der Waals surface area contributed by atoms with E-state index in [0.29, 0.717) is 18.0 Å². The van der Waals surface area contributed by atoms with Crippen LogP contribution in [0.3, 0.4) is 0 Å². The second-order valence-electron chi connectivity index (χ2n) is 8.52. The Kier molecular flexibility index (Phi) is 6.38. The molecule has 1 aliphatic heterocycles. The number of hydrogen-bond acceptors (Lipinski definition) is 3. The molecule has 30 heavy (non-hydrogen) atoms. The van der Waals surface area contributed by atoms with Gasteiger partial charge in [0.1, 0.15) is 0 Å². The predicted octanol–water partition coefficient (Wildman–Crippen LogP) is 3.66. The Labute approximate surface area is 182 Å². The second kappa shape index (κ2) is 9.17. The van der Waals surface area contributed by atoms with Crippen molar-refractivity contribution < 1.29 is 9.59 Å². The van der Waals surface area contributed by atoms with Gasteiger partial charge in [-0.25, -0.2) is 0 Å². The molecule has 4 rings (SSSR count). The van der Waals surface area contributed by atoms with Crippen molar-refractivity contribution >= 4 is 23.4 Å². The van der Waals surface area contributed by atoms with Crippen LogP contribution in [-0.4, -0.2) is 41.3 Å². The second-order valence-corrected chi connectivity index (χ2v) is 8.93. The number of hydrogen-bond donors (Lipinski definition) is 1. The summed E-state index contributed by atoms with van der Waals surface area (Å²) in [4.78, 5) is 31.2. The van der Waals surface area contributed by atoms with Gasteiger partial charge in [-0.3, -0.25) is 14.6 Å². The fourth-order valence-electron chi connectivity index (χ4n) is 4.57. The smallest absolute Gasteiger partial charge is 0.227 e. The van der Waals surface area contributed by atoms with Crippen LogP contribution >= 0.6 is 11.6 Å². The number of aryl methyl sites for hydroxylation is 1. The van der Waals surface area contributed by atoms with Crippen molar-refractivity contribution in [1.29, 1.82) is 0 Å². The average molecular weight is 426 g/mol. The maximum absolute atomic E-state index is 12.6. The zero-order valence-electron chi connectivity index (χ0n) is 17.1. The molecule has 2 aliphatic rings. The van der Waals surface area contributed by atoms with Gasteiger partial charge >= 0.3 is 0 Å². The Morgan fingerprint density at radius 1 is 1.13 bits per heavy atom. The molecule has 2 heterocycles. The van der Waals surface area contributed by atoms with Crippen molar-refractivity contribution in [2.24, 2.45) is 11.3 Å². The van der Waals surface area contributed by atoms with Crippen LogP contribution in [0, 0.1) is 11.3 Å². The molecular weight excluding hydrogens is 398 g/mol. The first-order valence-electron chi connectivity index (χ1n) is 10.8. The molecule has 1 aromatic carbocycles. The third kappa shape index (κ3) is 4.84. The zero-order chi connectivity index (χ0) is 21.0. The van der Waals surface area contributed by atoms with Crippen molar-refractivity contribution in [3.8, 4) is 0 Å². The summed E-state index contributed by atoms with van der Waals surface area (Å²) in [6.07, 6.45) is 8.60. The minimum atomic E-state index is 0.107. The molecule has 0 radical (unpaired) electrons. The molecule has 1 atom stereocenters. The van der Waals surface area contributed by atoms with E-state index in [9.17, 15) is 9.59 Å². The van der Waals surface area contributed by atoms with Gasteiger partial charge in [-0.05, 0) is 66.8 Å². The van der Waals surface area contributed by atoms with E-state index < -0.39 is 0 Å². The molecule has 2 aromatic rings. The average Bonchev–Trinajstić information content (AvgIpc) is 3.47. The van der Waals surface area contributed by atoms with Gasteiger partial charge < -0.3 is 10.2 Å². The number of piperidine rings is 1. The molecule has 0 bridgehead atoms. The van der Waals surface area contributed by atoms with Crippen LogP contribution in [0.2, 0.25) is 5.02 Å². The Balaban J connectivity index is 1.18. The number of nitrogens with zero attached hydrogens (tertiary/aromatic N) is 2. The van der Waals surface area contributed by atoms with Gasteiger partial charge in [0, 0.05) is 43.0 Å². The summed E-state index contributed by atoms with van der Waals surface area (Å²) in [6.45, 7) is 2.17. The summed E-state index contributed by atoms with van der Waals surface area (Å²) in [5.41, 5.74) is 2.23. The summed E-state index contributed by atoms with van der Waals surface area (Å²) < 4.78 is 0. The number of halogens is 1. The quantitative estimate of drug-likeness (QED) is 0.688. The Hall–Kier alpha value is -2.40. The topological polar surface area (TPSA) is 62.3 Å². The fraction of sp³-hybridized carbons (Fsp3) is 0.458. The highest BCUT2D eigenvalue weighted by Gasteiger charge is 2.58. The molecule has 2 fully saturated rings.